The monoisotopic (exact) mass is 384 g/mol. The van der Waals surface area contributed by atoms with E-state index in [2.05, 4.69) is 5.32 Å². The van der Waals surface area contributed by atoms with Gasteiger partial charge in [0.2, 0.25) is 0 Å². The molecule has 0 saturated heterocycles. The van der Waals surface area contributed by atoms with Crippen LogP contribution < -0.4 is 5.32 Å². The van der Waals surface area contributed by atoms with Crippen LogP contribution in [0.4, 0.5) is 11.4 Å². The molecule has 0 unspecified atom stereocenters. The molecule has 0 bridgehead atoms. The van der Waals surface area contributed by atoms with Gasteiger partial charge in [-0.05, 0) is 30.0 Å². The zero-order valence-electron chi connectivity index (χ0n) is 16.2. The van der Waals surface area contributed by atoms with Gasteiger partial charge in [-0.15, -0.1) is 0 Å². The molecule has 0 radical (unpaired) electrons. The molecule has 0 aliphatic rings. The van der Waals surface area contributed by atoms with Crippen LogP contribution >= 0.6 is 0 Å². The van der Waals surface area contributed by atoms with E-state index < -0.39 is 29.3 Å². The number of esters is 1. The third kappa shape index (κ3) is 5.39. The van der Waals surface area contributed by atoms with E-state index in [1.165, 1.54) is 18.2 Å². The second-order valence-corrected chi connectivity index (χ2v) is 6.69. The Labute approximate surface area is 163 Å². The zero-order valence-corrected chi connectivity index (χ0v) is 16.2. The van der Waals surface area contributed by atoms with Crippen molar-refractivity contribution in [1.29, 1.82) is 0 Å². The molecule has 148 valence electrons. The molecular formula is C21H24N2O5. The fraction of sp³-hybridized carbons (Fsp3) is 0.333. The lowest BCUT2D eigenvalue weighted by molar-refractivity contribution is -0.384. The SMILES string of the molecule is CC[C@H](C)[C@@H](C(=O)OCC(=O)Nc1ccc([N+](=O)[O-])cc1C)c1ccccc1. The summed E-state index contributed by atoms with van der Waals surface area (Å²) in [7, 11) is 0. The van der Waals surface area contributed by atoms with Crippen molar-refractivity contribution in [2.75, 3.05) is 11.9 Å². The van der Waals surface area contributed by atoms with Gasteiger partial charge >= 0.3 is 5.97 Å². The van der Waals surface area contributed by atoms with Crippen LogP contribution in [0.25, 0.3) is 0 Å². The van der Waals surface area contributed by atoms with Gasteiger partial charge in [-0.1, -0.05) is 50.6 Å². The van der Waals surface area contributed by atoms with E-state index in [1.807, 2.05) is 44.2 Å². The van der Waals surface area contributed by atoms with E-state index in [0.717, 1.165) is 12.0 Å². The highest BCUT2D eigenvalue weighted by Crippen LogP contribution is 2.28. The fourth-order valence-electron chi connectivity index (χ4n) is 2.91. The van der Waals surface area contributed by atoms with Crippen LogP contribution in [0.5, 0.6) is 0 Å². The predicted octanol–water partition coefficient (Wildman–Crippen LogP) is 4.21. The molecule has 0 fully saturated rings. The molecule has 0 aliphatic heterocycles. The molecule has 2 rings (SSSR count). The first-order chi connectivity index (χ1) is 13.3. The number of amides is 1. The number of rotatable bonds is 8. The van der Waals surface area contributed by atoms with E-state index in [1.54, 1.807) is 6.92 Å². The Morgan fingerprint density at radius 3 is 2.43 bits per heavy atom. The summed E-state index contributed by atoms with van der Waals surface area (Å²) in [6, 6.07) is 13.5. The minimum absolute atomic E-state index is 0.0545. The van der Waals surface area contributed by atoms with E-state index in [0.29, 0.717) is 11.3 Å². The Kier molecular flexibility index (Phi) is 7.26. The number of nitro groups is 1. The maximum atomic E-state index is 12.6. The second-order valence-electron chi connectivity index (χ2n) is 6.69. The van der Waals surface area contributed by atoms with Crippen molar-refractivity contribution in [3.63, 3.8) is 0 Å². The quantitative estimate of drug-likeness (QED) is 0.417. The van der Waals surface area contributed by atoms with Crippen LogP contribution in [0, 0.1) is 23.0 Å². The van der Waals surface area contributed by atoms with Crippen molar-refractivity contribution < 1.29 is 19.2 Å². The number of nitrogens with one attached hydrogen (secondary N) is 1. The molecule has 0 spiro atoms. The highest BCUT2D eigenvalue weighted by atomic mass is 16.6. The fourth-order valence-corrected chi connectivity index (χ4v) is 2.91. The molecule has 0 aromatic heterocycles. The molecule has 2 aromatic rings. The number of nitrogens with zero attached hydrogens (tertiary/aromatic N) is 1. The van der Waals surface area contributed by atoms with Gasteiger partial charge in [-0.3, -0.25) is 19.7 Å². The average molecular weight is 384 g/mol. The van der Waals surface area contributed by atoms with Crippen LogP contribution in [0.3, 0.4) is 0 Å². The molecule has 0 saturated carbocycles. The van der Waals surface area contributed by atoms with Gasteiger partial charge in [0.05, 0.1) is 10.8 Å². The Morgan fingerprint density at radius 1 is 1.18 bits per heavy atom. The summed E-state index contributed by atoms with van der Waals surface area (Å²) in [6.07, 6.45) is 0.794. The van der Waals surface area contributed by atoms with Gasteiger partial charge in [-0.2, -0.15) is 0 Å². The number of ether oxygens (including phenoxy) is 1. The summed E-state index contributed by atoms with van der Waals surface area (Å²) < 4.78 is 5.26. The number of carbonyl (C=O) groups is 2. The first kappa shape index (κ1) is 21.1. The summed E-state index contributed by atoms with van der Waals surface area (Å²) in [4.78, 5) is 35.1. The smallest absolute Gasteiger partial charge is 0.314 e. The van der Waals surface area contributed by atoms with Crippen molar-refractivity contribution in [2.45, 2.75) is 33.1 Å². The normalized spacial score (nSPS) is 12.7. The minimum atomic E-state index is -0.501. The van der Waals surface area contributed by atoms with Crippen LogP contribution in [-0.4, -0.2) is 23.4 Å². The molecule has 1 amide bonds. The lowest BCUT2D eigenvalue weighted by atomic mass is 9.86. The number of hydrogen-bond acceptors (Lipinski definition) is 5. The number of carbonyl (C=O) groups excluding carboxylic acids is 2. The largest absolute Gasteiger partial charge is 0.455 e. The highest BCUT2D eigenvalue weighted by molar-refractivity contribution is 5.94. The Morgan fingerprint density at radius 2 is 1.86 bits per heavy atom. The van der Waals surface area contributed by atoms with Gasteiger partial charge in [-0.25, -0.2) is 0 Å². The maximum Gasteiger partial charge on any atom is 0.314 e. The molecule has 0 heterocycles. The van der Waals surface area contributed by atoms with Gasteiger partial charge < -0.3 is 10.1 Å². The number of nitro benzene ring substituents is 1. The third-order valence-corrected chi connectivity index (χ3v) is 4.67. The molecule has 2 aromatic carbocycles. The lowest BCUT2D eigenvalue weighted by Crippen LogP contribution is -2.27. The van der Waals surface area contributed by atoms with Gasteiger partial charge in [0.25, 0.3) is 11.6 Å². The molecular weight excluding hydrogens is 360 g/mol. The van der Waals surface area contributed by atoms with Crippen molar-refractivity contribution >= 4 is 23.3 Å². The molecule has 2 atom stereocenters. The number of hydrogen-bond donors (Lipinski definition) is 1. The Bertz CT molecular complexity index is 851. The van der Waals surface area contributed by atoms with Crippen LogP contribution in [0.15, 0.2) is 48.5 Å². The van der Waals surface area contributed by atoms with E-state index in [-0.39, 0.29) is 11.6 Å². The third-order valence-electron chi connectivity index (χ3n) is 4.67. The average Bonchev–Trinajstić information content (AvgIpc) is 2.68. The predicted molar refractivity (Wildman–Crippen MR) is 106 cm³/mol. The highest BCUT2D eigenvalue weighted by Gasteiger charge is 2.27. The maximum absolute atomic E-state index is 12.6. The molecule has 7 heteroatoms. The van der Waals surface area contributed by atoms with Gasteiger partial charge in [0.15, 0.2) is 6.61 Å². The van der Waals surface area contributed by atoms with Crippen LogP contribution in [0.2, 0.25) is 0 Å². The van der Waals surface area contributed by atoms with Crippen LogP contribution in [-0.2, 0) is 14.3 Å². The summed E-state index contributed by atoms with van der Waals surface area (Å²) in [6.45, 7) is 5.20. The number of aryl methyl sites for hydroxylation is 1. The molecule has 0 aliphatic carbocycles. The standard InChI is InChI=1S/C21H24N2O5/c1-4-14(2)20(16-8-6-5-7-9-16)21(25)28-13-19(24)22-18-11-10-17(23(26)27)12-15(18)3/h5-12,14,20H,4,13H2,1-3H3,(H,22,24)/t14-,20+/m0/s1. The summed E-state index contributed by atoms with van der Waals surface area (Å²) >= 11 is 0. The molecule has 7 nitrogen and oxygen atoms in total. The number of benzene rings is 2. The zero-order chi connectivity index (χ0) is 20.7. The Balaban J connectivity index is 2.01. The first-order valence-electron chi connectivity index (χ1n) is 9.10. The summed E-state index contributed by atoms with van der Waals surface area (Å²) in [5.41, 5.74) is 1.79. The molecule has 28 heavy (non-hydrogen) atoms. The molecule has 1 N–H and O–H groups in total. The summed E-state index contributed by atoms with van der Waals surface area (Å²) in [5, 5.41) is 13.4. The number of anilines is 1. The van der Waals surface area contributed by atoms with Crippen molar-refractivity contribution in [3.05, 3.63) is 69.8 Å². The van der Waals surface area contributed by atoms with Crippen LogP contribution in [0.1, 0.15) is 37.3 Å². The van der Waals surface area contributed by atoms with Crippen molar-refractivity contribution in [1.82, 2.24) is 0 Å². The topological polar surface area (TPSA) is 98.5 Å². The number of non-ortho nitro benzene ring substituents is 1. The lowest BCUT2D eigenvalue weighted by Gasteiger charge is -2.21. The van der Waals surface area contributed by atoms with E-state index in [9.17, 15) is 19.7 Å². The van der Waals surface area contributed by atoms with Gasteiger partial charge in [0, 0.05) is 17.8 Å². The van der Waals surface area contributed by atoms with E-state index >= 15 is 0 Å². The first-order valence-corrected chi connectivity index (χ1v) is 9.10. The van der Waals surface area contributed by atoms with Crippen molar-refractivity contribution in [2.24, 2.45) is 5.92 Å². The Hall–Kier alpha value is -3.22. The van der Waals surface area contributed by atoms with Gasteiger partial charge in [0.1, 0.15) is 0 Å². The van der Waals surface area contributed by atoms with E-state index in [4.69, 9.17) is 4.74 Å². The second kappa shape index (κ2) is 9.64. The summed E-state index contributed by atoms with van der Waals surface area (Å²) in [5.74, 6) is -1.33. The van der Waals surface area contributed by atoms with Crippen molar-refractivity contribution in [3.8, 4) is 0 Å². The minimum Gasteiger partial charge on any atom is -0.455 e.